The lowest BCUT2D eigenvalue weighted by Gasteiger charge is -2.45. The molecule has 0 aromatic carbocycles. The monoisotopic (exact) mass is 293 g/mol. The van der Waals surface area contributed by atoms with Gasteiger partial charge >= 0.3 is 0 Å². The van der Waals surface area contributed by atoms with Crippen LogP contribution in [-0.2, 0) is 4.79 Å². The Morgan fingerprint density at radius 2 is 1.95 bits per heavy atom. The Morgan fingerprint density at radius 3 is 2.81 bits per heavy atom. The molecule has 4 heteroatoms. The highest BCUT2D eigenvalue weighted by atomic mass is 16.2. The van der Waals surface area contributed by atoms with Crippen molar-refractivity contribution < 1.29 is 4.79 Å². The number of hydrogen-bond donors (Lipinski definition) is 1. The maximum atomic E-state index is 12.9. The molecule has 1 amide bonds. The van der Waals surface area contributed by atoms with E-state index in [1.807, 2.05) is 0 Å². The molecular weight excluding hydrogens is 262 g/mol. The van der Waals surface area contributed by atoms with Gasteiger partial charge in [-0.2, -0.15) is 0 Å². The van der Waals surface area contributed by atoms with Crippen molar-refractivity contribution in [3.8, 4) is 0 Å². The molecule has 120 valence electrons. The van der Waals surface area contributed by atoms with E-state index in [0.717, 1.165) is 45.4 Å². The molecule has 3 unspecified atom stereocenters. The molecule has 0 aromatic heterocycles. The molecule has 3 atom stereocenters. The topological polar surface area (TPSA) is 49.6 Å². The summed E-state index contributed by atoms with van der Waals surface area (Å²) in [5.41, 5.74) is 5.70. The van der Waals surface area contributed by atoms with Crippen LogP contribution >= 0.6 is 0 Å². The van der Waals surface area contributed by atoms with Crippen LogP contribution in [0.3, 0.4) is 0 Å². The van der Waals surface area contributed by atoms with Gasteiger partial charge < -0.3 is 10.6 Å². The lowest BCUT2D eigenvalue weighted by Crippen LogP contribution is -2.57. The van der Waals surface area contributed by atoms with Gasteiger partial charge in [-0.05, 0) is 51.1 Å². The number of amides is 1. The van der Waals surface area contributed by atoms with Crippen molar-refractivity contribution in [2.75, 3.05) is 32.7 Å². The molecule has 1 aliphatic carbocycles. The number of nitrogens with two attached hydrogens (primary N) is 1. The van der Waals surface area contributed by atoms with E-state index in [0.29, 0.717) is 17.9 Å². The van der Waals surface area contributed by atoms with Crippen molar-refractivity contribution >= 4 is 5.91 Å². The maximum Gasteiger partial charge on any atom is 0.225 e. The lowest BCUT2D eigenvalue weighted by molar-refractivity contribution is -0.140. The van der Waals surface area contributed by atoms with Crippen molar-refractivity contribution in [3.05, 3.63) is 0 Å². The van der Waals surface area contributed by atoms with Crippen LogP contribution in [0.15, 0.2) is 0 Å². The second-order valence-electron chi connectivity index (χ2n) is 7.28. The minimum atomic E-state index is 0.283. The quantitative estimate of drug-likeness (QED) is 0.864. The summed E-state index contributed by atoms with van der Waals surface area (Å²) < 4.78 is 0. The Kier molecular flexibility index (Phi) is 5.17. The van der Waals surface area contributed by atoms with E-state index in [4.69, 9.17) is 5.73 Å². The highest BCUT2D eigenvalue weighted by Gasteiger charge is 2.35. The second kappa shape index (κ2) is 7.10. The van der Waals surface area contributed by atoms with E-state index in [1.54, 1.807) is 0 Å². The molecule has 2 saturated heterocycles. The Morgan fingerprint density at radius 1 is 1.05 bits per heavy atom. The van der Waals surface area contributed by atoms with Crippen LogP contribution in [0.25, 0.3) is 0 Å². The molecule has 4 nitrogen and oxygen atoms in total. The molecule has 2 aliphatic heterocycles. The minimum Gasteiger partial charge on any atom is -0.340 e. The highest BCUT2D eigenvalue weighted by Crippen LogP contribution is 2.33. The summed E-state index contributed by atoms with van der Waals surface area (Å²) in [4.78, 5) is 17.6. The summed E-state index contributed by atoms with van der Waals surface area (Å²) in [6.45, 7) is 5.04. The molecule has 1 saturated carbocycles. The summed E-state index contributed by atoms with van der Waals surface area (Å²) in [6, 6.07) is 0.639. The van der Waals surface area contributed by atoms with E-state index in [9.17, 15) is 4.79 Å². The summed E-state index contributed by atoms with van der Waals surface area (Å²) in [6.07, 6.45) is 9.73. The van der Waals surface area contributed by atoms with Gasteiger partial charge in [-0.15, -0.1) is 0 Å². The number of nitrogens with zero attached hydrogens (tertiary/aromatic N) is 2. The first kappa shape index (κ1) is 15.3. The first-order chi connectivity index (χ1) is 10.3. The van der Waals surface area contributed by atoms with Gasteiger partial charge in [0.1, 0.15) is 0 Å². The SMILES string of the molecule is NCCC1CCCC(C(=O)N2CCN3CCCCC3C2)C1. The van der Waals surface area contributed by atoms with Crippen LogP contribution in [0.1, 0.15) is 51.4 Å². The molecule has 2 heterocycles. The summed E-state index contributed by atoms with van der Waals surface area (Å²) in [7, 11) is 0. The standard InChI is InChI=1S/C17H31N3O/c18-8-7-14-4-3-5-15(12-14)17(21)20-11-10-19-9-2-1-6-16(19)13-20/h14-16H,1-13,18H2. The minimum absolute atomic E-state index is 0.283. The van der Waals surface area contributed by atoms with E-state index in [1.165, 1.54) is 38.6 Å². The zero-order valence-electron chi connectivity index (χ0n) is 13.3. The molecule has 3 rings (SSSR count). The van der Waals surface area contributed by atoms with Crippen LogP contribution < -0.4 is 5.73 Å². The third kappa shape index (κ3) is 3.59. The number of carbonyl (C=O) groups excluding carboxylic acids is 1. The zero-order valence-corrected chi connectivity index (χ0v) is 13.3. The average molecular weight is 293 g/mol. The molecule has 0 aromatic rings. The van der Waals surface area contributed by atoms with Gasteiger partial charge in [0.05, 0.1) is 0 Å². The Balaban J connectivity index is 1.55. The van der Waals surface area contributed by atoms with Gasteiger partial charge in [0.15, 0.2) is 0 Å². The first-order valence-electron chi connectivity index (χ1n) is 9.01. The third-order valence-corrected chi connectivity index (χ3v) is 5.86. The summed E-state index contributed by atoms with van der Waals surface area (Å²) in [5.74, 6) is 1.42. The third-order valence-electron chi connectivity index (χ3n) is 5.86. The van der Waals surface area contributed by atoms with Gasteiger partial charge in [-0.25, -0.2) is 0 Å². The predicted molar refractivity (Wildman–Crippen MR) is 84.9 cm³/mol. The number of fused-ring (bicyclic) bond motifs is 1. The summed E-state index contributed by atoms with van der Waals surface area (Å²) >= 11 is 0. The molecule has 0 bridgehead atoms. The predicted octanol–water partition coefficient (Wildman–Crippen LogP) is 1.84. The van der Waals surface area contributed by atoms with Crippen molar-refractivity contribution in [2.45, 2.75) is 57.4 Å². The van der Waals surface area contributed by atoms with Crippen molar-refractivity contribution in [3.63, 3.8) is 0 Å². The smallest absolute Gasteiger partial charge is 0.225 e. The Hall–Kier alpha value is -0.610. The lowest BCUT2D eigenvalue weighted by atomic mass is 9.79. The number of hydrogen-bond acceptors (Lipinski definition) is 3. The van der Waals surface area contributed by atoms with Crippen LogP contribution in [0, 0.1) is 11.8 Å². The van der Waals surface area contributed by atoms with Crippen molar-refractivity contribution in [2.24, 2.45) is 17.6 Å². The van der Waals surface area contributed by atoms with Crippen LogP contribution in [0.2, 0.25) is 0 Å². The number of rotatable bonds is 3. The normalized spacial score (nSPS) is 34.5. The van der Waals surface area contributed by atoms with E-state index >= 15 is 0 Å². The van der Waals surface area contributed by atoms with E-state index < -0.39 is 0 Å². The first-order valence-corrected chi connectivity index (χ1v) is 9.01. The second-order valence-corrected chi connectivity index (χ2v) is 7.28. The largest absolute Gasteiger partial charge is 0.340 e. The Labute approximate surface area is 129 Å². The van der Waals surface area contributed by atoms with E-state index in [-0.39, 0.29) is 5.92 Å². The summed E-state index contributed by atoms with van der Waals surface area (Å²) in [5, 5.41) is 0. The number of piperazine rings is 1. The molecule has 0 spiro atoms. The number of piperidine rings is 1. The molecule has 3 aliphatic rings. The van der Waals surface area contributed by atoms with E-state index in [2.05, 4.69) is 9.80 Å². The fourth-order valence-electron chi connectivity index (χ4n) is 4.63. The van der Waals surface area contributed by atoms with Gasteiger partial charge in [-0.1, -0.05) is 19.3 Å². The fraction of sp³-hybridized carbons (Fsp3) is 0.941. The number of carbonyl (C=O) groups is 1. The van der Waals surface area contributed by atoms with Crippen molar-refractivity contribution in [1.29, 1.82) is 0 Å². The van der Waals surface area contributed by atoms with Gasteiger partial charge in [0, 0.05) is 31.6 Å². The van der Waals surface area contributed by atoms with Gasteiger partial charge in [0.2, 0.25) is 5.91 Å². The van der Waals surface area contributed by atoms with Crippen LogP contribution in [0.4, 0.5) is 0 Å². The molecule has 2 N–H and O–H groups in total. The van der Waals surface area contributed by atoms with Gasteiger partial charge in [0.25, 0.3) is 0 Å². The maximum absolute atomic E-state index is 12.9. The van der Waals surface area contributed by atoms with Crippen LogP contribution in [-0.4, -0.2) is 54.5 Å². The van der Waals surface area contributed by atoms with Gasteiger partial charge in [-0.3, -0.25) is 9.69 Å². The molecule has 0 radical (unpaired) electrons. The highest BCUT2D eigenvalue weighted by molar-refractivity contribution is 5.79. The molecule has 21 heavy (non-hydrogen) atoms. The van der Waals surface area contributed by atoms with Crippen LogP contribution in [0.5, 0.6) is 0 Å². The zero-order chi connectivity index (χ0) is 14.7. The van der Waals surface area contributed by atoms with Crippen molar-refractivity contribution in [1.82, 2.24) is 9.80 Å². The Bertz CT molecular complexity index is 358. The fourth-order valence-corrected chi connectivity index (χ4v) is 4.63. The molecule has 3 fully saturated rings. The molecular formula is C17H31N3O. The average Bonchev–Trinajstić information content (AvgIpc) is 2.54.